The van der Waals surface area contributed by atoms with E-state index in [0.29, 0.717) is 18.9 Å². The minimum atomic E-state index is -0.873. The van der Waals surface area contributed by atoms with Gasteiger partial charge in [0.15, 0.2) is 0 Å². The molecule has 1 fully saturated rings. The number of nitrogens with one attached hydrogen (secondary N) is 1. The first-order chi connectivity index (χ1) is 15.0. The van der Waals surface area contributed by atoms with Crippen LogP contribution >= 0.6 is 0 Å². The zero-order valence-electron chi connectivity index (χ0n) is 17.4. The summed E-state index contributed by atoms with van der Waals surface area (Å²) in [7, 11) is 0. The molecular weight excluding hydrogens is 394 g/mol. The average Bonchev–Trinajstić information content (AvgIpc) is 3.40. The Bertz CT molecular complexity index is 1090. The Morgan fingerprint density at radius 1 is 1.03 bits per heavy atom. The van der Waals surface area contributed by atoms with Crippen LogP contribution in [0.2, 0.25) is 0 Å². The summed E-state index contributed by atoms with van der Waals surface area (Å²) in [5.74, 6) is -0.341. The third-order valence-corrected chi connectivity index (χ3v) is 6.04. The van der Waals surface area contributed by atoms with Gasteiger partial charge in [0, 0.05) is 29.1 Å². The van der Waals surface area contributed by atoms with Crippen LogP contribution < -0.4 is 4.74 Å². The Hall–Kier alpha value is -3.28. The molecule has 0 atom stereocenters. The van der Waals surface area contributed by atoms with E-state index in [1.165, 1.54) is 25.7 Å². The second kappa shape index (κ2) is 9.25. The highest BCUT2D eigenvalue weighted by Gasteiger charge is 2.18. The number of carboxylic acids is 2. The molecule has 1 aromatic heterocycles. The Balaban J connectivity index is 1.69. The molecule has 1 aliphatic rings. The van der Waals surface area contributed by atoms with Crippen molar-refractivity contribution in [3.63, 3.8) is 0 Å². The first-order valence-corrected chi connectivity index (χ1v) is 10.8. The van der Waals surface area contributed by atoms with Crippen LogP contribution in [-0.2, 0) is 22.4 Å². The Kier molecular flexibility index (Phi) is 6.26. The van der Waals surface area contributed by atoms with Gasteiger partial charge in [-0.25, -0.2) is 0 Å². The van der Waals surface area contributed by atoms with Crippen molar-refractivity contribution in [1.29, 1.82) is 0 Å². The third kappa shape index (κ3) is 5.08. The third-order valence-electron chi connectivity index (χ3n) is 6.04. The number of carbonyl (C=O) groups is 2. The maximum Gasteiger partial charge on any atom is 0.307 e. The number of H-pyrrole nitrogens is 1. The number of aromatic nitrogens is 1. The minimum Gasteiger partial charge on any atom is -0.493 e. The van der Waals surface area contributed by atoms with Gasteiger partial charge in [0.2, 0.25) is 0 Å². The summed E-state index contributed by atoms with van der Waals surface area (Å²) >= 11 is 0. The zero-order valence-corrected chi connectivity index (χ0v) is 17.4. The average molecular weight is 421 g/mol. The summed E-state index contributed by atoms with van der Waals surface area (Å²) in [6, 6.07) is 11.8. The molecule has 0 amide bonds. The van der Waals surface area contributed by atoms with Crippen LogP contribution in [0.5, 0.6) is 5.75 Å². The molecule has 31 heavy (non-hydrogen) atoms. The molecule has 1 saturated carbocycles. The number of hydrogen-bond donors (Lipinski definition) is 3. The zero-order chi connectivity index (χ0) is 21.8. The van der Waals surface area contributed by atoms with Gasteiger partial charge in [0.05, 0.1) is 13.0 Å². The van der Waals surface area contributed by atoms with Crippen LogP contribution in [-0.4, -0.2) is 33.7 Å². The summed E-state index contributed by atoms with van der Waals surface area (Å²) in [5, 5.41) is 19.1. The van der Waals surface area contributed by atoms with Crippen molar-refractivity contribution in [2.24, 2.45) is 5.92 Å². The van der Waals surface area contributed by atoms with Gasteiger partial charge in [-0.15, -0.1) is 0 Å². The molecule has 0 saturated heterocycles. The second-order valence-electron chi connectivity index (χ2n) is 8.33. The molecular formula is C25H27NO5. The van der Waals surface area contributed by atoms with Crippen molar-refractivity contribution < 1.29 is 24.5 Å². The van der Waals surface area contributed by atoms with Gasteiger partial charge in [-0.05, 0) is 66.1 Å². The van der Waals surface area contributed by atoms with Gasteiger partial charge >= 0.3 is 11.9 Å². The van der Waals surface area contributed by atoms with Gasteiger partial charge in [-0.1, -0.05) is 25.0 Å². The monoisotopic (exact) mass is 421 g/mol. The Morgan fingerprint density at radius 3 is 2.58 bits per heavy atom. The second-order valence-corrected chi connectivity index (χ2v) is 8.33. The number of aryl methyl sites for hydroxylation is 1. The molecule has 1 heterocycles. The highest BCUT2D eigenvalue weighted by Crippen LogP contribution is 2.35. The molecule has 162 valence electrons. The van der Waals surface area contributed by atoms with E-state index in [-0.39, 0.29) is 12.8 Å². The van der Waals surface area contributed by atoms with Crippen LogP contribution in [0.1, 0.15) is 43.2 Å². The van der Waals surface area contributed by atoms with E-state index in [2.05, 4.69) is 4.98 Å². The molecule has 0 spiro atoms. The minimum absolute atomic E-state index is 0.0485. The van der Waals surface area contributed by atoms with Crippen molar-refractivity contribution in [1.82, 2.24) is 4.98 Å². The molecule has 0 aliphatic heterocycles. The van der Waals surface area contributed by atoms with E-state index in [1.807, 2.05) is 36.4 Å². The quantitative estimate of drug-likeness (QED) is 0.449. The van der Waals surface area contributed by atoms with E-state index < -0.39 is 11.9 Å². The lowest BCUT2D eigenvalue weighted by Crippen LogP contribution is -2.09. The smallest absolute Gasteiger partial charge is 0.307 e. The summed E-state index contributed by atoms with van der Waals surface area (Å²) in [6.07, 6.45) is 7.11. The predicted octanol–water partition coefficient (Wildman–Crippen LogP) is 5.05. The number of hydrogen-bond acceptors (Lipinski definition) is 3. The van der Waals surface area contributed by atoms with Gasteiger partial charge in [0.1, 0.15) is 5.75 Å². The molecule has 3 N–H and O–H groups in total. The molecule has 6 nitrogen and oxygen atoms in total. The SMILES string of the molecule is O=C(O)CCc1ccc(OCC2CCCC2)c(-c2ccc3[nH]cc(CC(=O)O)c3c2)c1. The van der Waals surface area contributed by atoms with Crippen molar-refractivity contribution in [2.45, 2.75) is 44.9 Å². The van der Waals surface area contributed by atoms with Crippen LogP contribution in [0.25, 0.3) is 22.0 Å². The van der Waals surface area contributed by atoms with Gasteiger partial charge in [-0.2, -0.15) is 0 Å². The van der Waals surface area contributed by atoms with Crippen molar-refractivity contribution in [3.8, 4) is 16.9 Å². The molecule has 6 heteroatoms. The number of benzene rings is 2. The first-order valence-electron chi connectivity index (χ1n) is 10.8. The van der Waals surface area contributed by atoms with E-state index in [0.717, 1.165) is 38.9 Å². The van der Waals surface area contributed by atoms with E-state index in [1.54, 1.807) is 6.20 Å². The summed E-state index contributed by atoms with van der Waals surface area (Å²) in [4.78, 5) is 25.4. The van der Waals surface area contributed by atoms with E-state index >= 15 is 0 Å². The molecule has 0 bridgehead atoms. The summed E-state index contributed by atoms with van der Waals surface area (Å²) in [6.45, 7) is 0.679. The number of rotatable bonds is 9. The summed E-state index contributed by atoms with van der Waals surface area (Å²) < 4.78 is 6.23. The van der Waals surface area contributed by atoms with Crippen molar-refractivity contribution in [2.75, 3.05) is 6.61 Å². The Morgan fingerprint density at radius 2 is 1.84 bits per heavy atom. The van der Waals surface area contributed by atoms with Crippen molar-refractivity contribution in [3.05, 3.63) is 53.7 Å². The molecule has 2 aromatic carbocycles. The summed E-state index contributed by atoms with van der Waals surface area (Å²) in [5.41, 5.74) is 4.39. The molecule has 0 unspecified atom stereocenters. The van der Waals surface area contributed by atoms with Crippen LogP contribution in [0, 0.1) is 5.92 Å². The van der Waals surface area contributed by atoms with Gasteiger partial charge < -0.3 is 19.9 Å². The van der Waals surface area contributed by atoms with Crippen LogP contribution in [0.4, 0.5) is 0 Å². The highest BCUT2D eigenvalue weighted by atomic mass is 16.5. The predicted molar refractivity (Wildman–Crippen MR) is 118 cm³/mol. The highest BCUT2D eigenvalue weighted by molar-refractivity contribution is 5.91. The maximum absolute atomic E-state index is 11.2. The van der Waals surface area contributed by atoms with Gasteiger partial charge in [-0.3, -0.25) is 9.59 Å². The number of fused-ring (bicyclic) bond motifs is 1. The standard InChI is InChI=1S/C25H27NO5/c27-24(28)10-6-16-5-9-23(31-15-17-3-1-2-4-17)21(11-16)18-7-8-22-20(12-18)19(14-26-22)13-25(29)30/h5,7-9,11-12,14,17,26H,1-4,6,10,13,15H2,(H,27,28)(H,29,30). The van der Waals surface area contributed by atoms with Crippen LogP contribution in [0.15, 0.2) is 42.6 Å². The largest absolute Gasteiger partial charge is 0.493 e. The molecule has 1 aliphatic carbocycles. The fourth-order valence-electron chi connectivity index (χ4n) is 4.38. The number of carboxylic acid groups (broad SMARTS) is 2. The van der Waals surface area contributed by atoms with Crippen molar-refractivity contribution >= 4 is 22.8 Å². The fraction of sp³-hybridized carbons (Fsp3) is 0.360. The van der Waals surface area contributed by atoms with Gasteiger partial charge in [0.25, 0.3) is 0 Å². The lowest BCUT2D eigenvalue weighted by atomic mass is 9.97. The van der Waals surface area contributed by atoms with E-state index in [9.17, 15) is 14.7 Å². The maximum atomic E-state index is 11.2. The van der Waals surface area contributed by atoms with E-state index in [4.69, 9.17) is 9.84 Å². The number of aromatic amines is 1. The first kappa shape index (κ1) is 21.0. The molecule has 3 aromatic rings. The lowest BCUT2D eigenvalue weighted by Gasteiger charge is -2.16. The Labute approximate surface area is 180 Å². The molecule has 0 radical (unpaired) electrons. The molecule has 4 rings (SSSR count). The fourth-order valence-corrected chi connectivity index (χ4v) is 4.38. The normalized spacial score (nSPS) is 14.2. The number of aliphatic carboxylic acids is 2. The number of ether oxygens (including phenoxy) is 1. The lowest BCUT2D eigenvalue weighted by molar-refractivity contribution is -0.137. The topological polar surface area (TPSA) is 99.6 Å². The van der Waals surface area contributed by atoms with Crippen LogP contribution in [0.3, 0.4) is 0 Å².